The van der Waals surface area contributed by atoms with Gasteiger partial charge in [0.15, 0.2) is 0 Å². The van der Waals surface area contributed by atoms with Gasteiger partial charge in [-0.1, -0.05) is 6.07 Å². The first kappa shape index (κ1) is 17.0. The molecule has 0 fully saturated rings. The number of hydrogen-bond acceptors (Lipinski definition) is 4. The van der Waals surface area contributed by atoms with Crippen molar-refractivity contribution in [2.45, 2.75) is 46.5 Å². The van der Waals surface area contributed by atoms with Crippen LogP contribution in [-0.4, -0.2) is 31.0 Å². The second kappa shape index (κ2) is 8.95. The summed E-state index contributed by atoms with van der Waals surface area (Å²) in [6.07, 6.45) is -0.468. The lowest BCUT2D eigenvalue weighted by molar-refractivity contribution is -0.0123. The molecule has 4 nitrogen and oxygen atoms in total. The van der Waals surface area contributed by atoms with Gasteiger partial charge in [0.25, 0.3) is 0 Å². The molecule has 20 heavy (non-hydrogen) atoms. The van der Waals surface area contributed by atoms with Crippen LogP contribution in [0.2, 0.25) is 0 Å². The first-order chi connectivity index (χ1) is 9.58. The molecule has 0 aromatic heterocycles. The number of benzene rings is 1. The van der Waals surface area contributed by atoms with E-state index in [0.29, 0.717) is 26.4 Å². The third-order valence-electron chi connectivity index (χ3n) is 2.95. The van der Waals surface area contributed by atoms with Crippen LogP contribution in [0.15, 0.2) is 18.2 Å². The average Bonchev–Trinajstić information content (AvgIpc) is 2.44. The van der Waals surface area contributed by atoms with Crippen LogP contribution in [0, 0.1) is 0 Å². The quantitative estimate of drug-likeness (QED) is 0.756. The van der Waals surface area contributed by atoms with Gasteiger partial charge in [-0.2, -0.15) is 0 Å². The van der Waals surface area contributed by atoms with Gasteiger partial charge in [-0.25, -0.2) is 0 Å². The molecule has 0 radical (unpaired) electrons. The third-order valence-corrected chi connectivity index (χ3v) is 2.95. The van der Waals surface area contributed by atoms with Gasteiger partial charge in [0, 0.05) is 12.2 Å². The van der Waals surface area contributed by atoms with E-state index in [0.717, 1.165) is 16.9 Å². The summed E-state index contributed by atoms with van der Waals surface area (Å²) < 4.78 is 16.7. The molecule has 2 unspecified atom stereocenters. The molecule has 0 heterocycles. The molecule has 0 aliphatic carbocycles. The van der Waals surface area contributed by atoms with E-state index in [4.69, 9.17) is 14.2 Å². The van der Waals surface area contributed by atoms with Gasteiger partial charge in [0.05, 0.1) is 32.0 Å². The minimum atomic E-state index is -0.495. The molecule has 1 aromatic rings. The molecule has 0 bridgehead atoms. The molecule has 4 heteroatoms. The van der Waals surface area contributed by atoms with Crippen molar-refractivity contribution in [3.63, 3.8) is 0 Å². The molecule has 0 saturated carbocycles. The van der Waals surface area contributed by atoms with Crippen molar-refractivity contribution >= 4 is 0 Å². The Balaban J connectivity index is 2.71. The molecule has 0 saturated heterocycles. The summed E-state index contributed by atoms with van der Waals surface area (Å²) in [6.45, 7) is 9.97. The highest BCUT2D eigenvalue weighted by molar-refractivity contribution is 5.37. The number of hydrogen-bond donors (Lipinski definition) is 1. The van der Waals surface area contributed by atoms with Crippen LogP contribution in [0.4, 0.5) is 0 Å². The lowest BCUT2D eigenvalue weighted by atomic mass is 10.1. The Labute approximate surface area is 121 Å². The SMILES string of the molecule is CCOCC(C)OCc1cc(C(C)O)ccc1OCC. The van der Waals surface area contributed by atoms with E-state index in [1.807, 2.05) is 39.0 Å². The van der Waals surface area contributed by atoms with Gasteiger partial charge in [0.1, 0.15) is 5.75 Å². The molecule has 1 rings (SSSR count). The van der Waals surface area contributed by atoms with Crippen LogP contribution in [0.25, 0.3) is 0 Å². The zero-order chi connectivity index (χ0) is 15.0. The fraction of sp³-hybridized carbons (Fsp3) is 0.625. The molecular formula is C16H26O4. The Morgan fingerprint density at radius 3 is 2.50 bits per heavy atom. The van der Waals surface area contributed by atoms with E-state index in [2.05, 4.69) is 0 Å². The van der Waals surface area contributed by atoms with E-state index >= 15 is 0 Å². The highest BCUT2D eigenvalue weighted by atomic mass is 16.5. The Morgan fingerprint density at radius 2 is 1.90 bits per heavy atom. The molecule has 2 atom stereocenters. The smallest absolute Gasteiger partial charge is 0.124 e. The van der Waals surface area contributed by atoms with Crippen LogP contribution >= 0.6 is 0 Å². The van der Waals surface area contributed by atoms with E-state index in [9.17, 15) is 5.11 Å². The van der Waals surface area contributed by atoms with E-state index in [1.54, 1.807) is 6.92 Å². The van der Waals surface area contributed by atoms with Gasteiger partial charge in [0.2, 0.25) is 0 Å². The molecule has 0 aliphatic rings. The lowest BCUT2D eigenvalue weighted by Crippen LogP contribution is -2.16. The standard InChI is InChI=1S/C16H26O4/c1-5-18-10-12(3)20-11-15-9-14(13(4)17)7-8-16(15)19-6-2/h7-9,12-13,17H,5-6,10-11H2,1-4H3. The molecule has 1 N–H and O–H groups in total. The van der Waals surface area contributed by atoms with Crippen LogP contribution in [0.5, 0.6) is 5.75 Å². The summed E-state index contributed by atoms with van der Waals surface area (Å²) in [6, 6.07) is 5.70. The van der Waals surface area contributed by atoms with Crippen molar-refractivity contribution in [3.8, 4) is 5.75 Å². The molecule has 0 spiro atoms. The van der Waals surface area contributed by atoms with Crippen molar-refractivity contribution in [2.75, 3.05) is 19.8 Å². The predicted octanol–water partition coefficient (Wildman–Crippen LogP) is 3.08. The molecule has 1 aromatic carbocycles. The summed E-state index contributed by atoms with van der Waals surface area (Å²) >= 11 is 0. The predicted molar refractivity (Wildman–Crippen MR) is 79.0 cm³/mol. The Hall–Kier alpha value is -1.10. The first-order valence-electron chi connectivity index (χ1n) is 7.21. The van der Waals surface area contributed by atoms with Gasteiger partial charge in [-0.05, 0) is 45.4 Å². The van der Waals surface area contributed by atoms with Crippen LogP contribution < -0.4 is 4.74 Å². The molecule has 0 aliphatic heterocycles. The normalized spacial score (nSPS) is 14.1. The maximum Gasteiger partial charge on any atom is 0.124 e. The van der Waals surface area contributed by atoms with Crippen molar-refractivity contribution in [2.24, 2.45) is 0 Å². The van der Waals surface area contributed by atoms with Gasteiger partial charge in [-0.3, -0.25) is 0 Å². The molecule has 114 valence electrons. The first-order valence-corrected chi connectivity index (χ1v) is 7.21. The number of aliphatic hydroxyl groups excluding tert-OH is 1. The summed E-state index contributed by atoms with van der Waals surface area (Å²) in [5, 5.41) is 9.66. The van der Waals surface area contributed by atoms with Gasteiger partial charge in [-0.15, -0.1) is 0 Å². The highest BCUT2D eigenvalue weighted by Gasteiger charge is 2.10. The Morgan fingerprint density at radius 1 is 1.15 bits per heavy atom. The van der Waals surface area contributed by atoms with E-state index in [1.165, 1.54) is 0 Å². The van der Waals surface area contributed by atoms with Crippen LogP contribution in [0.3, 0.4) is 0 Å². The van der Waals surface area contributed by atoms with E-state index in [-0.39, 0.29) is 6.10 Å². The van der Waals surface area contributed by atoms with Gasteiger partial charge >= 0.3 is 0 Å². The third kappa shape index (κ3) is 5.49. The average molecular weight is 282 g/mol. The number of ether oxygens (including phenoxy) is 3. The zero-order valence-electron chi connectivity index (χ0n) is 12.9. The maximum atomic E-state index is 9.66. The summed E-state index contributed by atoms with van der Waals surface area (Å²) in [5.74, 6) is 0.806. The zero-order valence-corrected chi connectivity index (χ0v) is 12.9. The van der Waals surface area contributed by atoms with Crippen molar-refractivity contribution in [3.05, 3.63) is 29.3 Å². The van der Waals surface area contributed by atoms with Crippen molar-refractivity contribution in [1.29, 1.82) is 0 Å². The minimum Gasteiger partial charge on any atom is -0.494 e. The minimum absolute atomic E-state index is 0.0274. The second-order valence-corrected chi connectivity index (χ2v) is 4.76. The Bertz CT molecular complexity index is 390. The van der Waals surface area contributed by atoms with Gasteiger partial charge < -0.3 is 19.3 Å². The summed E-state index contributed by atoms with van der Waals surface area (Å²) in [7, 11) is 0. The second-order valence-electron chi connectivity index (χ2n) is 4.76. The van der Waals surface area contributed by atoms with Crippen LogP contribution in [-0.2, 0) is 16.1 Å². The van der Waals surface area contributed by atoms with Crippen LogP contribution in [0.1, 0.15) is 44.9 Å². The van der Waals surface area contributed by atoms with Crippen molar-refractivity contribution < 1.29 is 19.3 Å². The maximum absolute atomic E-state index is 9.66. The number of rotatable bonds is 9. The highest BCUT2D eigenvalue weighted by Crippen LogP contribution is 2.24. The fourth-order valence-corrected chi connectivity index (χ4v) is 1.83. The summed E-state index contributed by atoms with van der Waals surface area (Å²) in [4.78, 5) is 0. The fourth-order valence-electron chi connectivity index (χ4n) is 1.83. The van der Waals surface area contributed by atoms with Crippen molar-refractivity contribution in [1.82, 2.24) is 0 Å². The monoisotopic (exact) mass is 282 g/mol. The van der Waals surface area contributed by atoms with E-state index < -0.39 is 6.10 Å². The number of aliphatic hydroxyl groups is 1. The Kier molecular flexibility index (Phi) is 7.59. The lowest BCUT2D eigenvalue weighted by Gasteiger charge is -2.16. The molecular weight excluding hydrogens is 256 g/mol. The topological polar surface area (TPSA) is 47.9 Å². The molecule has 0 amide bonds. The summed E-state index contributed by atoms with van der Waals surface area (Å²) in [5.41, 5.74) is 1.82. The largest absolute Gasteiger partial charge is 0.494 e.